The minimum Gasteiger partial charge on any atom is -0.382 e. The predicted molar refractivity (Wildman–Crippen MR) is 148 cm³/mol. The van der Waals surface area contributed by atoms with Crippen LogP contribution in [-0.4, -0.2) is 57.1 Å². The monoisotopic (exact) mass is 492 g/mol. The topological polar surface area (TPSA) is 81.6 Å². The molecule has 0 amide bonds. The summed E-state index contributed by atoms with van der Waals surface area (Å²) in [6.45, 7) is 6.93. The number of imidazole rings is 1. The highest BCUT2D eigenvalue weighted by Crippen LogP contribution is 2.32. The van der Waals surface area contributed by atoms with Crippen LogP contribution in [0.4, 0.5) is 5.82 Å². The maximum Gasteiger partial charge on any atom is 0.150 e. The molecule has 2 N–H and O–H groups in total. The third-order valence-corrected chi connectivity index (χ3v) is 7.36. The number of rotatable bonds is 7. The normalized spacial score (nSPS) is 15.4. The van der Waals surface area contributed by atoms with E-state index >= 15 is 0 Å². The maximum atomic E-state index is 6.42. The van der Waals surface area contributed by atoms with Gasteiger partial charge in [0.25, 0.3) is 0 Å². The van der Waals surface area contributed by atoms with Crippen LogP contribution in [0.15, 0.2) is 73.1 Å². The summed E-state index contributed by atoms with van der Waals surface area (Å²) in [6, 6.07) is 20.8. The molecule has 37 heavy (non-hydrogen) atoms. The van der Waals surface area contributed by atoms with E-state index in [-0.39, 0.29) is 0 Å². The van der Waals surface area contributed by atoms with E-state index in [1.54, 1.807) is 6.20 Å². The van der Waals surface area contributed by atoms with Crippen molar-refractivity contribution in [3.8, 4) is 22.5 Å². The van der Waals surface area contributed by atoms with Crippen LogP contribution in [0.1, 0.15) is 19.2 Å². The molecule has 6 rings (SSSR count). The van der Waals surface area contributed by atoms with Crippen LogP contribution in [0.25, 0.3) is 38.9 Å². The second-order valence-electron chi connectivity index (χ2n) is 9.77. The molecule has 1 fully saturated rings. The van der Waals surface area contributed by atoms with Gasteiger partial charge in [0.2, 0.25) is 0 Å². The van der Waals surface area contributed by atoms with Crippen molar-refractivity contribution in [3.63, 3.8) is 0 Å². The SMILES string of the molecule is CC[C@@H](Cc1nc(-c2ccc3ccc(-c4ccccc4)nc3c2)c2c(N)nccn12)CN1CCOCC1. The van der Waals surface area contributed by atoms with Crippen LogP contribution in [-0.2, 0) is 11.2 Å². The van der Waals surface area contributed by atoms with Crippen molar-refractivity contribution in [1.82, 2.24) is 24.3 Å². The van der Waals surface area contributed by atoms with Gasteiger partial charge in [0.1, 0.15) is 22.9 Å². The number of morpholine rings is 1. The third-order valence-electron chi connectivity index (χ3n) is 7.36. The maximum absolute atomic E-state index is 6.42. The number of benzene rings is 2. The van der Waals surface area contributed by atoms with E-state index in [0.717, 1.165) is 90.4 Å². The highest BCUT2D eigenvalue weighted by Gasteiger charge is 2.21. The molecule has 7 nitrogen and oxygen atoms in total. The Morgan fingerprint density at radius 3 is 2.59 bits per heavy atom. The molecule has 0 bridgehead atoms. The molecule has 1 saturated heterocycles. The van der Waals surface area contributed by atoms with Crippen LogP contribution in [0.3, 0.4) is 0 Å². The Morgan fingerprint density at radius 2 is 1.78 bits per heavy atom. The van der Waals surface area contributed by atoms with Crippen LogP contribution in [0, 0.1) is 5.92 Å². The lowest BCUT2D eigenvalue weighted by Gasteiger charge is -2.30. The van der Waals surface area contributed by atoms with Crippen molar-refractivity contribution in [1.29, 1.82) is 0 Å². The van der Waals surface area contributed by atoms with E-state index < -0.39 is 0 Å². The number of pyridine rings is 1. The number of ether oxygens (including phenoxy) is 1. The number of hydrogen-bond acceptors (Lipinski definition) is 6. The van der Waals surface area contributed by atoms with Gasteiger partial charge in [-0.25, -0.2) is 15.0 Å². The Labute approximate surface area is 216 Å². The molecule has 1 aliphatic heterocycles. The predicted octanol–water partition coefficient (Wildman–Crippen LogP) is 5.09. The van der Waals surface area contributed by atoms with E-state index in [9.17, 15) is 0 Å². The van der Waals surface area contributed by atoms with Gasteiger partial charge in [0, 0.05) is 55.0 Å². The van der Waals surface area contributed by atoms with Gasteiger partial charge in [-0.3, -0.25) is 9.30 Å². The molecule has 0 saturated carbocycles. The second-order valence-corrected chi connectivity index (χ2v) is 9.77. The van der Waals surface area contributed by atoms with Crippen molar-refractivity contribution in [2.45, 2.75) is 19.8 Å². The minimum absolute atomic E-state index is 0.489. The molecule has 1 atom stereocenters. The molecule has 188 valence electrons. The van der Waals surface area contributed by atoms with E-state index in [4.69, 9.17) is 20.4 Å². The van der Waals surface area contributed by atoms with Crippen molar-refractivity contribution in [3.05, 3.63) is 78.9 Å². The van der Waals surface area contributed by atoms with E-state index in [1.165, 1.54) is 0 Å². The largest absolute Gasteiger partial charge is 0.382 e. The molecule has 0 unspecified atom stereocenters. The lowest BCUT2D eigenvalue weighted by Crippen LogP contribution is -2.39. The average Bonchev–Trinajstić information content (AvgIpc) is 3.32. The summed E-state index contributed by atoms with van der Waals surface area (Å²) < 4.78 is 7.66. The summed E-state index contributed by atoms with van der Waals surface area (Å²) in [5.74, 6) is 2.01. The number of anilines is 1. The molecular formula is C30H32N6O. The summed E-state index contributed by atoms with van der Waals surface area (Å²) in [5.41, 5.74) is 12.1. The standard InChI is InChI=1S/C30H32N6O/c1-2-21(20-35-14-16-37-17-15-35)18-27-34-28(29-30(31)32-12-13-36(27)29)24-9-8-23-10-11-25(33-26(23)19-24)22-6-4-3-5-7-22/h3-13,19,21H,2,14-18,20H2,1H3,(H2,31,32)/t21-/m0/s1. The number of hydrogen-bond donors (Lipinski definition) is 1. The van der Waals surface area contributed by atoms with E-state index in [0.29, 0.717) is 11.7 Å². The van der Waals surface area contributed by atoms with Crippen molar-refractivity contribution < 1.29 is 4.74 Å². The smallest absolute Gasteiger partial charge is 0.150 e. The van der Waals surface area contributed by atoms with Gasteiger partial charge >= 0.3 is 0 Å². The highest BCUT2D eigenvalue weighted by molar-refractivity contribution is 5.91. The lowest BCUT2D eigenvalue weighted by molar-refractivity contribution is 0.0302. The van der Waals surface area contributed by atoms with E-state index in [1.807, 2.05) is 24.4 Å². The summed E-state index contributed by atoms with van der Waals surface area (Å²) in [5, 5.41) is 1.09. The number of nitrogens with two attached hydrogens (primary N) is 1. The Morgan fingerprint density at radius 1 is 0.973 bits per heavy atom. The molecule has 5 aromatic rings. The first kappa shape index (κ1) is 23.6. The van der Waals surface area contributed by atoms with Crippen LogP contribution >= 0.6 is 0 Å². The van der Waals surface area contributed by atoms with Gasteiger partial charge in [0.05, 0.1) is 24.4 Å². The Hall–Kier alpha value is -3.81. The summed E-state index contributed by atoms with van der Waals surface area (Å²) >= 11 is 0. The van der Waals surface area contributed by atoms with Gasteiger partial charge in [-0.15, -0.1) is 0 Å². The Bertz CT molecular complexity index is 1520. The zero-order chi connectivity index (χ0) is 25.2. The fourth-order valence-corrected chi connectivity index (χ4v) is 5.25. The van der Waals surface area contributed by atoms with Crippen molar-refractivity contribution in [2.24, 2.45) is 5.92 Å². The summed E-state index contributed by atoms with van der Waals surface area (Å²) in [7, 11) is 0. The Kier molecular flexibility index (Phi) is 6.55. The highest BCUT2D eigenvalue weighted by atomic mass is 16.5. The minimum atomic E-state index is 0.489. The lowest BCUT2D eigenvalue weighted by atomic mass is 10.0. The molecule has 0 aliphatic carbocycles. The number of nitrogens with zero attached hydrogens (tertiary/aromatic N) is 5. The molecule has 1 aliphatic rings. The fraction of sp³-hybridized carbons (Fsp3) is 0.300. The van der Waals surface area contributed by atoms with Crippen LogP contribution in [0.5, 0.6) is 0 Å². The first-order chi connectivity index (χ1) is 18.2. The van der Waals surface area contributed by atoms with Crippen LogP contribution < -0.4 is 5.73 Å². The summed E-state index contributed by atoms with van der Waals surface area (Å²) in [4.78, 5) is 17.0. The molecule has 4 heterocycles. The van der Waals surface area contributed by atoms with Gasteiger partial charge in [-0.2, -0.15) is 0 Å². The van der Waals surface area contributed by atoms with Crippen molar-refractivity contribution in [2.75, 3.05) is 38.6 Å². The molecule has 2 aromatic carbocycles. The van der Waals surface area contributed by atoms with Crippen molar-refractivity contribution >= 4 is 22.2 Å². The Balaban J connectivity index is 1.38. The molecule has 0 spiro atoms. The molecule has 0 radical (unpaired) electrons. The second kappa shape index (κ2) is 10.3. The molecule has 3 aromatic heterocycles. The summed E-state index contributed by atoms with van der Waals surface area (Å²) in [6.07, 6.45) is 5.70. The average molecular weight is 493 g/mol. The fourth-order valence-electron chi connectivity index (χ4n) is 5.25. The van der Waals surface area contributed by atoms with Gasteiger partial charge in [-0.1, -0.05) is 61.9 Å². The van der Waals surface area contributed by atoms with Crippen LogP contribution in [0.2, 0.25) is 0 Å². The first-order valence-corrected chi connectivity index (χ1v) is 13.1. The number of fused-ring (bicyclic) bond motifs is 2. The van der Waals surface area contributed by atoms with Gasteiger partial charge < -0.3 is 10.5 Å². The quantitative estimate of drug-likeness (QED) is 0.341. The van der Waals surface area contributed by atoms with Gasteiger partial charge in [0.15, 0.2) is 0 Å². The zero-order valence-electron chi connectivity index (χ0n) is 21.2. The third kappa shape index (κ3) is 4.80. The van der Waals surface area contributed by atoms with E-state index in [2.05, 4.69) is 63.7 Å². The first-order valence-electron chi connectivity index (χ1n) is 13.1. The van der Waals surface area contributed by atoms with Gasteiger partial charge in [-0.05, 0) is 18.1 Å². The number of nitrogen functional groups attached to an aromatic ring is 1. The molecular weight excluding hydrogens is 460 g/mol. The molecule has 7 heteroatoms. The number of aromatic nitrogens is 4. The zero-order valence-corrected chi connectivity index (χ0v) is 21.2.